The predicted molar refractivity (Wildman–Crippen MR) is 124 cm³/mol. The van der Waals surface area contributed by atoms with E-state index in [1.165, 1.54) is 17.7 Å². The maximum atomic E-state index is 13.3. The van der Waals surface area contributed by atoms with Gasteiger partial charge in [-0.3, -0.25) is 4.79 Å². The lowest BCUT2D eigenvalue weighted by molar-refractivity contribution is -0.116. The van der Waals surface area contributed by atoms with Crippen molar-refractivity contribution in [1.82, 2.24) is 4.90 Å². The summed E-state index contributed by atoms with van der Waals surface area (Å²) in [6.45, 7) is 4.28. The van der Waals surface area contributed by atoms with Crippen molar-refractivity contribution >= 4 is 58.2 Å². The number of anilines is 1. The highest BCUT2D eigenvalue weighted by Crippen LogP contribution is 2.29. The molecule has 1 saturated heterocycles. The Labute approximate surface area is 186 Å². The predicted octanol–water partition coefficient (Wildman–Crippen LogP) is 6.09. The number of amides is 1. The molecular formula is C21H24Cl2FN3OS. The first-order chi connectivity index (χ1) is 13.3. The van der Waals surface area contributed by atoms with Crippen LogP contribution in [0, 0.1) is 5.82 Å². The summed E-state index contributed by atoms with van der Waals surface area (Å²) in [5.74, 6) is 0.738. The molecule has 4 nitrogen and oxygen atoms in total. The summed E-state index contributed by atoms with van der Waals surface area (Å²) in [5.41, 5.74) is 2.64. The van der Waals surface area contributed by atoms with Crippen molar-refractivity contribution in [2.24, 2.45) is 4.99 Å². The van der Waals surface area contributed by atoms with E-state index in [1.807, 2.05) is 36.2 Å². The third kappa shape index (κ3) is 6.11. The topological polar surface area (TPSA) is 44.7 Å². The summed E-state index contributed by atoms with van der Waals surface area (Å²) < 4.78 is 13.3. The lowest BCUT2D eigenvalue weighted by atomic mass is 10.0. The summed E-state index contributed by atoms with van der Waals surface area (Å²) in [6.07, 6.45) is 0.374. The lowest BCUT2D eigenvalue weighted by Gasteiger charge is -2.20. The Bertz CT molecular complexity index is 890. The van der Waals surface area contributed by atoms with Gasteiger partial charge in [0.25, 0.3) is 0 Å². The summed E-state index contributed by atoms with van der Waals surface area (Å²) in [7, 11) is 1.92. The van der Waals surface area contributed by atoms with Crippen molar-refractivity contribution < 1.29 is 9.18 Å². The second-order valence-electron chi connectivity index (χ2n) is 7.10. The number of benzene rings is 2. The third-order valence-corrected chi connectivity index (χ3v) is 6.14. The smallest absolute Gasteiger partial charge is 0.226 e. The average molecular weight is 456 g/mol. The number of nitrogens with zero attached hydrogens (tertiary/aromatic N) is 2. The minimum Gasteiger partial charge on any atom is -0.350 e. The van der Waals surface area contributed by atoms with Gasteiger partial charge in [0, 0.05) is 31.0 Å². The molecule has 1 fully saturated rings. The van der Waals surface area contributed by atoms with Crippen molar-refractivity contribution in [3.05, 3.63) is 58.9 Å². The highest BCUT2D eigenvalue weighted by atomic mass is 35.5. The third-order valence-electron chi connectivity index (χ3n) is 4.66. The fourth-order valence-electron chi connectivity index (χ4n) is 2.89. The minimum absolute atomic E-state index is 0. The van der Waals surface area contributed by atoms with Crippen molar-refractivity contribution in [3.63, 3.8) is 0 Å². The molecule has 1 aliphatic rings. The fraction of sp³-hybridized carbons (Fsp3) is 0.333. The number of halogens is 3. The normalized spacial score (nSPS) is 17.5. The first-order valence-electron chi connectivity index (χ1n) is 9.12. The van der Waals surface area contributed by atoms with Gasteiger partial charge in [0.1, 0.15) is 5.82 Å². The van der Waals surface area contributed by atoms with Gasteiger partial charge in [0.05, 0.1) is 10.7 Å². The molecule has 0 bridgehead atoms. The van der Waals surface area contributed by atoms with E-state index in [9.17, 15) is 9.18 Å². The maximum absolute atomic E-state index is 13.3. The summed E-state index contributed by atoms with van der Waals surface area (Å²) in [4.78, 5) is 19.0. The van der Waals surface area contributed by atoms with Crippen LogP contribution in [0.3, 0.4) is 0 Å². The van der Waals surface area contributed by atoms with E-state index in [2.05, 4.69) is 24.2 Å². The Morgan fingerprint density at radius 2 is 2.00 bits per heavy atom. The van der Waals surface area contributed by atoms with E-state index in [0.29, 0.717) is 18.0 Å². The number of hydrogen-bond donors (Lipinski definition) is 1. The lowest BCUT2D eigenvalue weighted by Crippen LogP contribution is -2.33. The van der Waals surface area contributed by atoms with Gasteiger partial charge in [-0.15, -0.1) is 12.4 Å². The molecule has 0 spiro atoms. The Kier molecular flexibility index (Phi) is 8.37. The first-order valence-corrected chi connectivity index (χ1v) is 10.5. The number of amidine groups is 1. The molecule has 3 rings (SSSR count). The van der Waals surface area contributed by atoms with Crippen molar-refractivity contribution in [2.45, 2.75) is 32.2 Å². The quantitative estimate of drug-likeness (QED) is 0.593. The SMILES string of the molecule is CC(C)c1ccc(NC(=O)CC2CS/C(=N\c3ccc(F)c(Cl)c3)N2C)cc1.Cl. The number of carbonyl (C=O) groups is 1. The zero-order valence-electron chi connectivity index (χ0n) is 16.5. The number of aliphatic imine (C=N–C) groups is 1. The van der Waals surface area contributed by atoms with Crippen LogP contribution in [0.1, 0.15) is 31.7 Å². The molecule has 156 valence electrons. The molecule has 1 atom stereocenters. The molecule has 29 heavy (non-hydrogen) atoms. The highest BCUT2D eigenvalue weighted by Gasteiger charge is 2.29. The highest BCUT2D eigenvalue weighted by molar-refractivity contribution is 8.14. The Morgan fingerprint density at radius 3 is 2.62 bits per heavy atom. The molecule has 1 amide bonds. The van der Waals surface area contributed by atoms with Crippen LogP contribution in [0.2, 0.25) is 5.02 Å². The first kappa shape index (κ1) is 23.5. The minimum atomic E-state index is -0.464. The van der Waals surface area contributed by atoms with Crippen LogP contribution in [0.25, 0.3) is 0 Å². The molecule has 0 radical (unpaired) electrons. The average Bonchev–Trinajstić information content (AvgIpc) is 2.98. The molecule has 1 unspecified atom stereocenters. The van der Waals surface area contributed by atoms with Gasteiger partial charge in [-0.1, -0.05) is 49.3 Å². The van der Waals surface area contributed by atoms with Crippen LogP contribution in [0.15, 0.2) is 47.5 Å². The molecule has 1 aliphatic heterocycles. The summed E-state index contributed by atoms with van der Waals surface area (Å²) >= 11 is 7.40. The van der Waals surface area contributed by atoms with E-state index in [-0.39, 0.29) is 29.4 Å². The van der Waals surface area contributed by atoms with Crippen molar-refractivity contribution in [1.29, 1.82) is 0 Å². The second-order valence-corrected chi connectivity index (χ2v) is 8.49. The summed E-state index contributed by atoms with van der Waals surface area (Å²) in [6, 6.07) is 12.4. The van der Waals surface area contributed by atoms with Crippen molar-refractivity contribution in [2.75, 3.05) is 18.1 Å². The molecule has 2 aromatic rings. The standard InChI is InChI=1S/C21H23ClFN3OS.ClH/c1-13(2)14-4-6-15(7-5-14)24-20(27)11-17-12-28-21(26(17)3)25-16-8-9-19(23)18(22)10-16;/h4-10,13,17H,11-12H2,1-3H3,(H,24,27);1H/b25-21-;. The molecular weight excluding hydrogens is 432 g/mol. The van der Waals surface area contributed by atoms with Gasteiger partial charge >= 0.3 is 0 Å². The number of rotatable bonds is 5. The van der Waals surface area contributed by atoms with Gasteiger partial charge < -0.3 is 10.2 Å². The molecule has 0 aliphatic carbocycles. The second kappa shape index (κ2) is 10.3. The van der Waals surface area contributed by atoms with Gasteiger partial charge in [-0.2, -0.15) is 0 Å². The van der Waals surface area contributed by atoms with E-state index in [4.69, 9.17) is 11.6 Å². The largest absolute Gasteiger partial charge is 0.350 e. The molecule has 0 aromatic heterocycles. The van der Waals surface area contributed by atoms with Crippen LogP contribution in [0.5, 0.6) is 0 Å². The van der Waals surface area contributed by atoms with Gasteiger partial charge in [0.15, 0.2) is 5.17 Å². The molecule has 1 N–H and O–H groups in total. The van der Waals surface area contributed by atoms with Crippen molar-refractivity contribution in [3.8, 4) is 0 Å². The van der Waals surface area contributed by atoms with Gasteiger partial charge in [-0.05, 0) is 41.8 Å². The number of nitrogens with one attached hydrogen (secondary N) is 1. The zero-order chi connectivity index (χ0) is 20.3. The maximum Gasteiger partial charge on any atom is 0.226 e. The Balaban J connectivity index is 0.00000300. The summed E-state index contributed by atoms with van der Waals surface area (Å²) in [5, 5.41) is 3.80. The van der Waals surface area contributed by atoms with Crippen LogP contribution >= 0.6 is 35.8 Å². The molecule has 1 heterocycles. The van der Waals surface area contributed by atoms with Crippen LogP contribution in [-0.4, -0.2) is 34.8 Å². The van der Waals surface area contributed by atoms with Crippen LogP contribution in [-0.2, 0) is 4.79 Å². The van der Waals surface area contributed by atoms with E-state index >= 15 is 0 Å². The van der Waals surface area contributed by atoms with E-state index in [1.54, 1.807) is 17.8 Å². The van der Waals surface area contributed by atoms with Crippen LogP contribution in [0.4, 0.5) is 15.8 Å². The van der Waals surface area contributed by atoms with E-state index < -0.39 is 5.82 Å². The van der Waals surface area contributed by atoms with Gasteiger partial charge in [0.2, 0.25) is 5.91 Å². The number of thioether (sulfide) groups is 1. The number of hydrogen-bond acceptors (Lipinski definition) is 3. The van der Waals surface area contributed by atoms with E-state index in [0.717, 1.165) is 16.6 Å². The van der Waals surface area contributed by atoms with Crippen LogP contribution < -0.4 is 5.32 Å². The monoisotopic (exact) mass is 455 g/mol. The molecule has 2 aromatic carbocycles. The molecule has 8 heteroatoms. The Hall–Kier alpha value is -1.76. The number of carbonyl (C=O) groups excluding carboxylic acids is 1. The Morgan fingerprint density at radius 1 is 1.31 bits per heavy atom. The fourth-order valence-corrected chi connectivity index (χ4v) is 4.27. The molecule has 0 saturated carbocycles. The van der Waals surface area contributed by atoms with Gasteiger partial charge in [-0.25, -0.2) is 9.38 Å². The zero-order valence-corrected chi connectivity index (χ0v) is 18.9.